The molecule has 0 aromatic heterocycles. The quantitative estimate of drug-likeness (QED) is 0.540. The average molecular weight is 142 g/mol. The van der Waals surface area contributed by atoms with Crippen molar-refractivity contribution >= 4 is 5.91 Å². The van der Waals surface area contributed by atoms with Crippen LogP contribution in [0.2, 0.25) is 0 Å². The second-order valence-corrected chi connectivity index (χ2v) is 2.04. The number of hydrogen-bond donors (Lipinski definition) is 2. The number of aliphatic hydroxyl groups excluding tert-OH is 1. The molecule has 0 aliphatic heterocycles. The van der Waals surface area contributed by atoms with Gasteiger partial charge in [0.15, 0.2) is 0 Å². The molecule has 4 heteroatoms. The molecule has 0 spiro atoms. The number of carbonyl (C=O) groups is 1. The van der Waals surface area contributed by atoms with Crippen LogP contribution in [-0.4, -0.2) is 23.2 Å². The van der Waals surface area contributed by atoms with Gasteiger partial charge in [0.25, 0.3) is 0 Å². The molecule has 0 aliphatic rings. The van der Waals surface area contributed by atoms with Crippen molar-refractivity contribution in [1.82, 2.24) is 5.32 Å². The van der Waals surface area contributed by atoms with Gasteiger partial charge in [0, 0.05) is 0 Å². The normalized spacial score (nSPS) is 15.0. The van der Waals surface area contributed by atoms with Crippen LogP contribution < -0.4 is 5.32 Å². The Kier molecular flexibility index (Phi) is 3.44. The van der Waals surface area contributed by atoms with Gasteiger partial charge in [-0.15, -0.1) is 0 Å². The number of hydrogen-bond acceptors (Lipinski definition) is 3. The minimum absolute atomic E-state index is 0.519. The number of carbonyl (C=O) groups excluding carboxylic acids is 1. The summed E-state index contributed by atoms with van der Waals surface area (Å²) in [5.74, 6) is -0.519. The van der Waals surface area contributed by atoms with Gasteiger partial charge in [0.05, 0.1) is 6.07 Å². The minimum atomic E-state index is -1.05. The highest BCUT2D eigenvalue weighted by Gasteiger charge is 2.10. The second-order valence-electron chi connectivity index (χ2n) is 2.04. The summed E-state index contributed by atoms with van der Waals surface area (Å²) in [6.45, 7) is 2.89. The first-order valence-electron chi connectivity index (χ1n) is 2.96. The zero-order valence-corrected chi connectivity index (χ0v) is 5.96. The van der Waals surface area contributed by atoms with Gasteiger partial charge in [0.2, 0.25) is 5.91 Å². The first-order valence-corrected chi connectivity index (χ1v) is 2.96. The van der Waals surface area contributed by atoms with Crippen LogP contribution in [0.5, 0.6) is 0 Å². The number of nitrogens with zero attached hydrogens (tertiary/aromatic N) is 1. The van der Waals surface area contributed by atoms with E-state index in [9.17, 15) is 4.79 Å². The van der Waals surface area contributed by atoms with Crippen molar-refractivity contribution in [1.29, 1.82) is 5.26 Å². The first kappa shape index (κ1) is 8.92. The number of amides is 1. The van der Waals surface area contributed by atoms with E-state index in [0.717, 1.165) is 0 Å². The van der Waals surface area contributed by atoms with E-state index >= 15 is 0 Å². The molecule has 0 bridgehead atoms. The molecule has 10 heavy (non-hydrogen) atoms. The Morgan fingerprint density at radius 2 is 2.20 bits per heavy atom. The molecule has 2 N–H and O–H groups in total. The maximum absolute atomic E-state index is 10.6. The Balaban J connectivity index is 3.71. The van der Waals surface area contributed by atoms with Crippen LogP contribution in [0.4, 0.5) is 0 Å². The molecule has 0 saturated carbocycles. The molecule has 0 radical (unpaired) electrons. The van der Waals surface area contributed by atoms with Crippen molar-refractivity contribution in [3.05, 3.63) is 0 Å². The van der Waals surface area contributed by atoms with Gasteiger partial charge in [-0.2, -0.15) is 5.26 Å². The van der Waals surface area contributed by atoms with Gasteiger partial charge in [-0.1, -0.05) is 0 Å². The fourth-order valence-electron chi connectivity index (χ4n) is 0.366. The molecule has 0 aliphatic carbocycles. The molecular formula is C6H10N2O2. The number of aliphatic hydroxyl groups is 1. The fourth-order valence-corrected chi connectivity index (χ4v) is 0.366. The fraction of sp³-hybridized carbons (Fsp3) is 0.667. The lowest BCUT2D eigenvalue weighted by Crippen LogP contribution is -2.37. The molecule has 0 rings (SSSR count). The summed E-state index contributed by atoms with van der Waals surface area (Å²) >= 11 is 0. The van der Waals surface area contributed by atoms with Gasteiger partial charge in [-0.25, -0.2) is 0 Å². The Morgan fingerprint density at radius 3 is 2.50 bits per heavy atom. The summed E-state index contributed by atoms with van der Waals surface area (Å²) < 4.78 is 0. The first-order chi connectivity index (χ1) is 4.57. The molecule has 0 fully saturated rings. The van der Waals surface area contributed by atoms with E-state index in [-0.39, 0.29) is 0 Å². The average Bonchev–Trinajstić information content (AvgIpc) is 1.87. The van der Waals surface area contributed by atoms with Crippen molar-refractivity contribution in [2.75, 3.05) is 0 Å². The largest absolute Gasteiger partial charge is 0.384 e. The molecule has 56 valence electrons. The lowest BCUT2D eigenvalue weighted by atomic mass is 10.3. The molecule has 0 saturated heterocycles. The third-order valence-corrected chi connectivity index (χ3v) is 0.932. The highest BCUT2D eigenvalue weighted by molar-refractivity contribution is 5.80. The van der Waals surface area contributed by atoms with Crippen LogP contribution in [0.1, 0.15) is 13.8 Å². The predicted molar refractivity (Wildman–Crippen MR) is 34.9 cm³/mol. The molecular weight excluding hydrogens is 132 g/mol. The lowest BCUT2D eigenvalue weighted by molar-refractivity contribution is -0.128. The van der Waals surface area contributed by atoms with E-state index in [1.54, 1.807) is 6.92 Å². The van der Waals surface area contributed by atoms with Crippen molar-refractivity contribution in [3.63, 3.8) is 0 Å². The van der Waals surface area contributed by atoms with Crippen LogP contribution in [0.3, 0.4) is 0 Å². The zero-order chi connectivity index (χ0) is 8.15. The number of rotatable bonds is 2. The van der Waals surface area contributed by atoms with Gasteiger partial charge < -0.3 is 10.4 Å². The van der Waals surface area contributed by atoms with Gasteiger partial charge in [0.1, 0.15) is 12.1 Å². The smallest absolute Gasteiger partial charge is 0.249 e. The van der Waals surface area contributed by atoms with E-state index in [1.165, 1.54) is 6.92 Å². The van der Waals surface area contributed by atoms with E-state index < -0.39 is 18.1 Å². The monoisotopic (exact) mass is 142 g/mol. The Morgan fingerprint density at radius 1 is 1.70 bits per heavy atom. The highest BCUT2D eigenvalue weighted by atomic mass is 16.3. The van der Waals surface area contributed by atoms with Gasteiger partial charge in [-0.3, -0.25) is 4.79 Å². The SMILES string of the molecule is C[C@@H](C#N)NC(=O)[C@@H](C)O. The van der Waals surface area contributed by atoms with Crippen molar-refractivity contribution in [2.24, 2.45) is 0 Å². The summed E-state index contributed by atoms with van der Waals surface area (Å²) in [4.78, 5) is 10.6. The third-order valence-electron chi connectivity index (χ3n) is 0.932. The second kappa shape index (κ2) is 3.85. The van der Waals surface area contributed by atoms with Crippen molar-refractivity contribution in [2.45, 2.75) is 26.0 Å². The number of nitriles is 1. The van der Waals surface area contributed by atoms with Crippen molar-refractivity contribution in [3.8, 4) is 6.07 Å². The minimum Gasteiger partial charge on any atom is -0.384 e. The van der Waals surface area contributed by atoms with Gasteiger partial charge in [-0.05, 0) is 13.8 Å². The molecule has 4 nitrogen and oxygen atoms in total. The summed E-state index contributed by atoms with van der Waals surface area (Å²) in [6.07, 6.45) is -1.05. The van der Waals surface area contributed by atoms with E-state index in [0.29, 0.717) is 0 Å². The lowest BCUT2D eigenvalue weighted by Gasteiger charge is -2.06. The predicted octanol–water partition coefficient (Wildman–Crippen LogP) is -0.605. The maximum Gasteiger partial charge on any atom is 0.249 e. The summed E-state index contributed by atoms with van der Waals surface area (Å²) in [6, 6.07) is 1.27. The maximum atomic E-state index is 10.6. The molecule has 0 aromatic rings. The molecule has 1 amide bonds. The van der Waals surface area contributed by atoms with E-state index in [1.807, 2.05) is 6.07 Å². The van der Waals surface area contributed by atoms with Crippen LogP contribution in [-0.2, 0) is 4.79 Å². The Labute approximate surface area is 59.5 Å². The molecule has 0 aromatic carbocycles. The van der Waals surface area contributed by atoms with Crippen LogP contribution in [0.15, 0.2) is 0 Å². The summed E-state index contributed by atoms with van der Waals surface area (Å²) in [5.41, 5.74) is 0. The Bertz CT molecular complexity index is 160. The van der Waals surface area contributed by atoms with E-state index in [4.69, 9.17) is 10.4 Å². The molecule has 2 atom stereocenters. The summed E-state index contributed by atoms with van der Waals surface area (Å²) in [7, 11) is 0. The topological polar surface area (TPSA) is 73.1 Å². The molecule has 0 unspecified atom stereocenters. The standard InChI is InChI=1S/C6H10N2O2/c1-4(3-7)8-6(10)5(2)9/h4-5,9H,1-2H3,(H,8,10)/t4-,5+/m0/s1. The van der Waals surface area contributed by atoms with Crippen LogP contribution in [0.25, 0.3) is 0 Å². The highest BCUT2D eigenvalue weighted by Crippen LogP contribution is 1.82. The summed E-state index contributed by atoms with van der Waals surface area (Å²) in [5, 5.41) is 19.1. The van der Waals surface area contributed by atoms with Crippen LogP contribution in [0, 0.1) is 11.3 Å². The number of nitrogens with one attached hydrogen (secondary N) is 1. The zero-order valence-electron chi connectivity index (χ0n) is 5.96. The third kappa shape index (κ3) is 3.05. The Hall–Kier alpha value is -1.08. The van der Waals surface area contributed by atoms with Gasteiger partial charge >= 0.3 is 0 Å². The van der Waals surface area contributed by atoms with Crippen molar-refractivity contribution < 1.29 is 9.90 Å². The molecule has 0 heterocycles. The van der Waals surface area contributed by atoms with E-state index in [2.05, 4.69) is 5.32 Å². The van der Waals surface area contributed by atoms with Crippen LogP contribution >= 0.6 is 0 Å².